The highest BCUT2D eigenvalue weighted by Gasteiger charge is 2.44. The zero-order valence-corrected chi connectivity index (χ0v) is 11.4. The number of hydrogen-bond donors (Lipinski definition) is 2. The summed E-state index contributed by atoms with van der Waals surface area (Å²) in [5.74, 6) is 1.46. The third kappa shape index (κ3) is 2.54. The maximum atomic E-state index is 11.9. The zero-order valence-electron chi connectivity index (χ0n) is 11.4. The Morgan fingerprint density at radius 2 is 2.16 bits per heavy atom. The number of nitrogens with one attached hydrogen (secondary N) is 2. The van der Waals surface area contributed by atoms with Crippen molar-refractivity contribution in [1.29, 1.82) is 0 Å². The molecule has 1 unspecified atom stereocenters. The number of rotatable bonds is 4. The summed E-state index contributed by atoms with van der Waals surface area (Å²) in [4.78, 5) is 19.2. The SMILES string of the molecule is CC1(C)CC1CNCc1nc2ccccc2c(=O)[nH]1. The van der Waals surface area contributed by atoms with Crippen molar-refractivity contribution >= 4 is 10.9 Å². The van der Waals surface area contributed by atoms with Crippen molar-refractivity contribution in [3.05, 3.63) is 40.4 Å². The van der Waals surface area contributed by atoms with Crippen molar-refractivity contribution in [1.82, 2.24) is 15.3 Å². The lowest BCUT2D eigenvalue weighted by Crippen LogP contribution is -2.22. The minimum atomic E-state index is -0.0610. The van der Waals surface area contributed by atoms with Crippen LogP contribution in [0, 0.1) is 11.3 Å². The van der Waals surface area contributed by atoms with E-state index in [9.17, 15) is 4.79 Å². The first-order valence-corrected chi connectivity index (χ1v) is 6.75. The number of aromatic nitrogens is 2. The van der Waals surface area contributed by atoms with Crippen molar-refractivity contribution in [2.75, 3.05) is 6.54 Å². The lowest BCUT2D eigenvalue weighted by Gasteiger charge is -2.06. The first-order valence-electron chi connectivity index (χ1n) is 6.75. The summed E-state index contributed by atoms with van der Waals surface area (Å²) in [5, 5.41) is 4.03. The van der Waals surface area contributed by atoms with Gasteiger partial charge in [-0.05, 0) is 36.4 Å². The van der Waals surface area contributed by atoms with E-state index >= 15 is 0 Å². The van der Waals surface area contributed by atoms with Gasteiger partial charge in [0.25, 0.3) is 5.56 Å². The summed E-state index contributed by atoms with van der Waals surface area (Å²) in [7, 11) is 0. The van der Waals surface area contributed by atoms with Crippen LogP contribution < -0.4 is 10.9 Å². The molecule has 4 heteroatoms. The number of hydrogen-bond acceptors (Lipinski definition) is 3. The third-order valence-corrected chi connectivity index (χ3v) is 4.06. The standard InChI is InChI=1S/C15H19N3O/c1-15(2)7-10(15)8-16-9-13-17-12-6-4-3-5-11(12)14(19)18-13/h3-6,10,16H,7-9H2,1-2H3,(H,17,18,19). The normalized spacial score (nSPS) is 20.6. The summed E-state index contributed by atoms with van der Waals surface area (Å²) in [6, 6.07) is 7.42. The molecule has 0 amide bonds. The lowest BCUT2D eigenvalue weighted by atomic mass is 10.1. The topological polar surface area (TPSA) is 57.8 Å². The Hall–Kier alpha value is -1.68. The molecule has 0 radical (unpaired) electrons. The minimum absolute atomic E-state index is 0.0610. The van der Waals surface area contributed by atoms with Gasteiger partial charge in [0, 0.05) is 0 Å². The second kappa shape index (κ2) is 4.46. The van der Waals surface area contributed by atoms with E-state index in [1.165, 1.54) is 6.42 Å². The molecule has 0 aliphatic heterocycles. The Balaban J connectivity index is 1.70. The molecule has 1 saturated carbocycles. The van der Waals surface area contributed by atoms with Gasteiger partial charge < -0.3 is 10.3 Å². The molecule has 1 heterocycles. The van der Waals surface area contributed by atoms with Crippen LogP contribution in [0.5, 0.6) is 0 Å². The molecule has 0 saturated heterocycles. The van der Waals surface area contributed by atoms with Crippen molar-refractivity contribution in [2.24, 2.45) is 11.3 Å². The maximum Gasteiger partial charge on any atom is 0.258 e. The average Bonchev–Trinajstić information content (AvgIpc) is 2.97. The van der Waals surface area contributed by atoms with Crippen molar-refractivity contribution in [2.45, 2.75) is 26.8 Å². The van der Waals surface area contributed by atoms with E-state index in [0.29, 0.717) is 23.2 Å². The quantitative estimate of drug-likeness (QED) is 0.881. The number of nitrogens with zero attached hydrogens (tertiary/aromatic N) is 1. The fourth-order valence-corrected chi connectivity index (χ4v) is 2.51. The van der Waals surface area contributed by atoms with Gasteiger partial charge in [-0.3, -0.25) is 4.79 Å². The molecule has 1 atom stereocenters. The molecule has 2 aromatic rings. The van der Waals surface area contributed by atoms with Crippen LogP contribution in [0.4, 0.5) is 0 Å². The first-order chi connectivity index (χ1) is 9.06. The van der Waals surface area contributed by atoms with Crippen LogP contribution in [0.3, 0.4) is 0 Å². The summed E-state index contributed by atoms with van der Waals surface area (Å²) in [6.45, 7) is 6.18. The Morgan fingerprint density at radius 3 is 2.89 bits per heavy atom. The Kier molecular flexibility index (Phi) is 2.90. The van der Waals surface area contributed by atoms with E-state index in [2.05, 4.69) is 29.1 Å². The molecule has 0 spiro atoms. The van der Waals surface area contributed by atoms with Gasteiger partial charge in [-0.25, -0.2) is 4.98 Å². The molecule has 1 fully saturated rings. The van der Waals surface area contributed by atoms with Gasteiger partial charge in [0.05, 0.1) is 17.4 Å². The van der Waals surface area contributed by atoms with Crippen molar-refractivity contribution < 1.29 is 0 Å². The van der Waals surface area contributed by atoms with Gasteiger partial charge in [0.2, 0.25) is 0 Å². The number of fused-ring (bicyclic) bond motifs is 1. The monoisotopic (exact) mass is 257 g/mol. The smallest absolute Gasteiger partial charge is 0.258 e. The highest BCUT2D eigenvalue weighted by atomic mass is 16.1. The van der Waals surface area contributed by atoms with Crippen LogP contribution in [0.25, 0.3) is 10.9 Å². The predicted octanol–water partition coefficient (Wildman–Crippen LogP) is 2.06. The largest absolute Gasteiger partial charge is 0.310 e. The van der Waals surface area contributed by atoms with Crippen LogP contribution in [0.1, 0.15) is 26.1 Å². The minimum Gasteiger partial charge on any atom is -0.310 e. The van der Waals surface area contributed by atoms with Gasteiger partial charge >= 0.3 is 0 Å². The number of para-hydroxylation sites is 1. The second-order valence-corrected chi connectivity index (χ2v) is 6.05. The van der Waals surface area contributed by atoms with Gasteiger partial charge in [-0.2, -0.15) is 0 Å². The molecule has 3 rings (SSSR count). The van der Waals surface area contributed by atoms with E-state index < -0.39 is 0 Å². The van der Waals surface area contributed by atoms with Crippen LogP contribution in [-0.4, -0.2) is 16.5 Å². The molecule has 1 aliphatic rings. The highest BCUT2D eigenvalue weighted by molar-refractivity contribution is 5.77. The maximum absolute atomic E-state index is 11.9. The third-order valence-electron chi connectivity index (χ3n) is 4.06. The van der Waals surface area contributed by atoms with E-state index in [4.69, 9.17) is 0 Å². The Bertz CT molecular complexity index is 660. The molecule has 0 bridgehead atoms. The molecular formula is C15H19N3O. The molecule has 2 N–H and O–H groups in total. The van der Waals surface area contributed by atoms with Crippen LogP contribution in [0.2, 0.25) is 0 Å². The fraction of sp³-hybridized carbons (Fsp3) is 0.467. The Morgan fingerprint density at radius 1 is 1.42 bits per heavy atom. The van der Waals surface area contributed by atoms with Gasteiger partial charge in [0.1, 0.15) is 5.82 Å². The van der Waals surface area contributed by atoms with Crippen LogP contribution in [-0.2, 0) is 6.54 Å². The van der Waals surface area contributed by atoms with Crippen molar-refractivity contribution in [3.63, 3.8) is 0 Å². The number of aromatic amines is 1. The average molecular weight is 257 g/mol. The molecule has 1 aliphatic carbocycles. The summed E-state index contributed by atoms with van der Waals surface area (Å²) in [6.07, 6.45) is 1.28. The molecule has 4 nitrogen and oxygen atoms in total. The molecular weight excluding hydrogens is 238 g/mol. The van der Waals surface area contributed by atoms with Crippen LogP contribution in [0.15, 0.2) is 29.1 Å². The van der Waals surface area contributed by atoms with E-state index in [0.717, 1.165) is 18.0 Å². The van der Waals surface area contributed by atoms with Gasteiger partial charge in [-0.15, -0.1) is 0 Å². The van der Waals surface area contributed by atoms with Gasteiger partial charge in [-0.1, -0.05) is 26.0 Å². The second-order valence-electron chi connectivity index (χ2n) is 6.05. The van der Waals surface area contributed by atoms with Gasteiger partial charge in [0.15, 0.2) is 0 Å². The molecule has 1 aromatic heterocycles. The summed E-state index contributed by atoms with van der Waals surface area (Å²) < 4.78 is 0. The number of benzene rings is 1. The van der Waals surface area contributed by atoms with Crippen LogP contribution >= 0.6 is 0 Å². The zero-order chi connectivity index (χ0) is 13.5. The lowest BCUT2D eigenvalue weighted by molar-refractivity contribution is 0.515. The number of H-pyrrole nitrogens is 1. The molecule has 100 valence electrons. The summed E-state index contributed by atoms with van der Waals surface area (Å²) in [5.41, 5.74) is 1.18. The first kappa shape index (κ1) is 12.4. The summed E-state index contributed by atoms with van der Waals surface area (Å²) >= 11 is 0. The Labute approximate surface area is 112 Å². The van der Waals surface area contributed by atoms with E-state index in [-0.39, 0.29) is 5.56 Å². The fourth-order valence-electron chi connectivity index (χ4n) is 2.51. The van der Waals surface area contributed by atoms with Crippen molar-refractivity contribution in [3.8, 4) is 0 Å². The predicted molar refractivity (Wildman–Crippen MR) is 76.0 cm³/mol. The highest BCUT2D eigenvalue weighted by Crippen LogP contribution is 2.50. The molecule has 1 aromatic carbocycles. The van der Waals surface area contributed by atoms with E-state index in [1.807, 2.05) is 18.2 Å². The van der Waals surface area contributed by atoms with E-state index in [1.54, 1.807) is 6.07 Å². The molecule has 19 heavy (non-hydrogen) atoms.